The van der Waals surface area contributed by atoms with E-state index in [1.54, 1.807) is 18.2 Å². The normalized spacial score (nSPS) is 24.8. The molecule has 0 aromatic heterocycles. The van der Waals surface area contributed by atoms with E-state index in [4.69, 9.17) is 5.73 Å². The van der Waals surface area contributed by atoms with Crippen LogP contribution >= 0.6 is 12.4 Å². The van der Waals surface area contributed by atoms with Crippen LogP contribution in [-0.2, 0) is 4.79 Å². The molecule has 2 unspecified atom stereocenters. The zero-order valence-electron chi connectivity index (χ0n) is 13.1. The predicted octanol–water partition coefficient (Wildman–Crippen LogP) is 2.17. The monoisotopic (exact) mass is 337 g/mol. The third-order valence-electron chi connectivity index (χ3n) is 4.82. The van der Waals surface area contributed by atoms with Gasteiger partial charge in [-0.1, -0.05) is 25.0 Å². The molecule has 6 heteroatoms. The maximum Gasteiger partial charge on any atom is 0.253 e. The highest BCUT2D eigenvalue weighted by atomic mass is 35.5. The van der Waals surface area contributed by atoms with E-state index in [9.17, 15) is 9.59 Å². The van der Waals surface area contributed by atoms with Crippen molar-refractivity contribution in [3.8, 4) is 0 Å². The largest absolute Gasteiger partial charge is 0.351 e. The minimum atomic E-state index is -0.199. The van der Waals surface area contributed by atoms with Crippen molar-refractivity contribution in [1.82, 2.24) is 5.32 Å². The number of para-hydroxylation sites is 1. The highest BCUT2D eigenvalue weighted by Crippen LogP contribution is 2.55. The Kier molecular flexibility index (Phi) is 6.02. The number of rotatable bonds is 5. The topological polar surface area (TPSA) is 84.2 Å². The second-order valence-electron chi connectivity index (χ2n) is 6.22. The summed E-state index contributed by atoms with van der Waals surface area (Å²) in [5.41, 5.74) is 6.49. The number of hydrogen-bond acceptors (Lipinski definition) is 3. The lowest BCUT2D eigenvalue weighted by Gasteiger charge is -2.11. The van der Waals surface area contributed by atoms with Crippen molar-refractivity contribution in [3.63, 3.8) is 0 Å². The van der Waals surface area contributed by atoms with Crippen LogP contribution in [0, 0.1) is 17.8 Å². The molecule has 2 fully saturated rings. The fraction of sp³-hybridized carbons (Fsp3) is 0.529. The summed E-state index contributed by atoms with van der Waals surface area (Å²) >= 11 is 0. The highest BCUT2D eigenvalue weighted by molar-refractivity contribution is 6.04. The van der Waals surface area contributed by atoms with Gasteiger partial charge in [-0.2, -0.15) is 0 Å². The van der Waals surface area contributed by atoms with E-state index in [1.807, 2.05) is 6.07 Å². The van der Waals surface area contributed by atoms with E-state index in [0.29, 0.717) is 36.2 Å². The van der Waals surface area contributed by atoms with Gasteiger partial charge in [0.25, 0.3) is 5.91 Å². The lowest BCUT2D eigenvalue weighted by Crippen LogP contribution is -2.30. The van der Waals surface area contributed by atoms with Crippen molar-refractivity contribution in [2.75, 3.05) is 18.4 Å². The predicted molar refractivity (Wildman–Crippen MR) is 92.6 cm³/mol. The van der Waals surface area contributed by atoms with Gasteiger partial charge in [0.1, 0.15) is 0 Å². The minimum absolute atomic E-state index is 0. The highest BCUT2D eigenvalue weighted by Gasteiger charge is 2.54. The van der Waals surface area contributed by atoms with Crippen molar-refractivity contribution in [2.24, 2.45) is 23.5 Å². The van der Waals surface area contributed by atoms with Crippen LogP contribution in [0.25, 0.3) is 0 Å². The number of halogens is 1. The molecule has 0 radical (unpaired) electrons. The first kappa shape index (κ1) is 17.8. The van der Waals surface area contributed by atoms with E-state index in [1.165, 1.54) is 25.7 Å². The number of fused-ring (bicyclic) bond motifs is 1. The second kappa shape index (κ2) is 7.79. The SMILES string of the molecule is Cl.NCCNC(=O)c1ccccc1NC(=O)C1C2CCCCC21. The summed E-state index contributed by atoms with van der Waals surface area (Å²) in [6.07, 6.45) is 4.81. The molecule has 2 saturated carbocycles. The average Bonchev–Trinajstić information content (AvgIpc) is 3.27. The number of benzene rings is 1. The maximum atomic E-state index is 12.5. The van der Waals surface area contributed by atoms with E-state index in [0.717, 1.165) is 0 Å². The van der Waals surface area contributed by atoms with Crippen molar-refractivity contribution >= 4 is 29.9 Å². The van der Waals surface area contributed by atoms with Crippen LogP contribution in [0.2, 0.25) is 0 Å². The summed E-state index contributed by atoms with van der Waals surface area (Å²) < 4.78 is 0. The first-order valence-corrected chi connectivity index (χ1v) is 8.10. The van der Waals surface area contributed by atoms with Crippen molar-refractivity contribution in [2.45, 2.75) is 25.7 Å². The van der Waals surface area contributed by atoms with Gasteiger partial charge in [0.15, 0.2) is 0 Å². The molecule has 3 rings (SSSR count). The van der Waals surface area contributed by atoms with Crippen LogP contribution in [0.3, 0.4) is 0 Å². The Morgan fingerprint density at radius 2 is 1.78 bits per heavy atom. The second-order valence-corrected chi connectivity index (χ2v) is 6.22. The average molecular weight is 338 g/mol. The lowest BCUT2D eigenvalue weighted by atomic mass is 10.0. The van der Waals surface area contributed by atoms with E-state index in [-0.39, 0.29) is 30.1 Å². The van der Waals surface area contributed by atoms with Crippen molar-refractivity contribution in [3.05, 3.63) is 29.8 Å². The molecule has 2 aliphatic rings. The third kappa shape index (κ3) is 3.85. The molecule has 2 amide bonds. The molecule has 2 atom stereocenters. The third-order valence-corrected chi connectivity index (χ3v) is 4.82. The molecular formula is C17H24ClN3O2. The van der Waals surface area contributed by atoms with Crippen LogP contribution < -0.4 is 16.4 Å². The smallest absolute Gasteiger partial charge is 0.253 e. The Bertz CT molecular complexity index is 567. The van der Waals surface area contributed by atoms with Crippen LogP contribution in [-0.4, -0.2) is 24.9 Å². The summed E-state index contributed by atoms with van der Waals surface area (Å²) in [5.74, 6) is 1.13. The molecule has 23 heavy (non-hydrogen) atoms. The van der Waals surface area contributed by atoms with Crippen LogP contribution in [0.1, 0.15) is 36.0 Å². The minimum Gasteiger partial charge on any atom is -0.351 e. The molecule has 0 bridgehead atoms. The fourth-order valence-corrected chi connectivity index (χ4v) is 3.67. The molecule has 1 aromatic carbocycles. The number of amides is 2. The van der Waals surface area contributed by atoms with Crippen molar-refractivity contribution < 1.29 is 9.59 Å². The fourth-order valence-electron chi connectivity index (χ4n) is 3.67. The summed E-state index contributed by atoms with van der Waals surface area (Å²) in [5, 5.41) is 5.70. The van der Waals surface area contributed by atoms with Gasteiger partial charge in [-0.15, -0.1) is 12.4 Å². The van der Waals surface area contributed by atoms with Gasteiger partial charge >= 0.3 is 0 Å². The number of nitrogens with two attached hydrogens (primary N) is 1. The first-order chi connectivity index (χ1) is 10.7. The van der Waals surface area contributed by atoms with Gasteiger partial charge in [-0.05, 0) is 36.8 Å². The zero-order valence-corrected chi connectivity index (χ0v) is 13.9. The Labute approximate surface area is 142 Å². The molecule has 4 N–H and O–H groups in total. The van der Waals surface area contributed by atoms with Gasteiger partial charge in [-0.25, -0.2) is 0 Å². The van der Waals surface area contributed by atoms with E-state index < -0.39 is 0 Å². The molecule has 2 aliphatic carbocycles. The number of carbonyl (C=O) groups excluding carboxylic acids is 2. The van der Waals surface area contributed by atoms with Crippen molar-refractivity contribution in [1.29, 1.82) is 0 Å². The molecule has 0 saturated heterocycles. The Morgan fingerprint density at radius 3 is 2.43 bits per heavy atom. The van der Waals surface area contributed by atoms with Gasteiger partial charge in [0.05, 0.1) is 11.3 Å². The number of anilines is 1. The summed E-state index contributed by atoms with van der Waals surface area (Å²) in [4.78, 5) is 24.6. The van der Waals surface area contributed by atoms with Gasteiger partial charge in [0.2, 0.25) is 5.91 Å². The van der Waals surface area contributed by atoms with Crippen LogP contribution in [0.5, 0.6) is 0 Å². The van der Waals surface area contributed by atoms with Crippen LogP contribution in [0.4, 0.5) is 5.69 Å². The molecular weight excluding hydrogens is 314 g/mol. The Hall–Kier alpha value is -1.59. The summed E-state index contributed by atoms with van der Waals surface area (Å²) in [6.45, 7) is 0.819. The standard InChI is InChI=1S/C17H23N3O2.ClH/c18-9-10-19-16(21)13-7-3-4-8-14(13)20-17(22)15-11-5-1-2-6-12(11)15;/h3-4,7-8,11-12,15H,1-2,5-6,9-10,18H2,(H,19,21)(H,20,22);1H. The Balaban J connectivity index is 0.00000192. The number of nitrogens with one attached hydrogen (secondary N) is 2. The van der Waals surface area contributed by atoms with Gasteiger partial charge in [0, 0.05) is 19.0 Å². The zero-order chi connectivity index (χ0) is 15.5. The molecule has 5 nitrogen and oxygen atoms in total. The Morgan fingerprint density at radius 1 is 1.13 bits per heavy atom. The maximum absolute atomic E-state index is 12.5. The quantitative estimate of drug-likeness (QED) is 0.770. The molecule has 0 heterocycles. The lowest BCUT2D eigenvalue weighted by molar-refractivity contribution is -0.117. The molecule has 1 aromatic rings. The molecule has 0 aliphatic heterocycles. The van der Waals surface area contributed by atoms with Gasteiger partial charge in [-0.3, -0.25) is 9.59 Å². The molecule has 126 valence electrons. The van der Waals surface area contributed by atoms with E-state index in [2.05, 4.69) is 10.6 Å². The summed E-state index contributed by atoms with van der Waals surface area (Å²) in [7, 11) is 0. The molecule has 0 spiro atoms. The number of carbonyl (C=O) groups is 2. The van der Waals surface area contributed by atoms with E-state index >= 15 is 0 Å². The van der Waals surface area contributed by atoms with Crippen LogP contribution in [0.15, 0.2) is 24.3 Å². The number of hydrogen-bond donors (Lipinski definition) is 3. The summed E-state index contributed by atoms with van der Waals surface area (Å²) in [6, 6.07) is 7.13. The first-order valence-electron chi connectivity index (χ1n) is 8.10. The van der Waals surface area contributed by atoms with Gasteiger partial charge < -0.3 is 16.4 Å².